The van der Waals surface area contributed by atoms with E-state index in [4.69, 9.17) is 9.05 Å². The van der Waals surface area contributed by atoms with Crippen molar-refractivity contribution in [3.05, 3.63) is 60.8 Å². The minimum atomic E-state index is -4.36. The maximum atomic E-state index is 13.0. The van der Waals surface area contributed by atoms with E-state index < -0.39 is 20.0 Å². The van der Waals surface area contributed by atoms with E-state index in [1.165, 1.54) is 212 Å². The van der Waals surface area contributed by atoms with Gasteiger partial charge in [-0.3, -0.25) is 13.8 Å². The van der Waals surface area contributed by atoms with E-state index in [0.717, 1.165) is 51.4 Å². The van der Waals surface area contributed by atoms with Crippen LogP contribution in [0, 0.1) is 0 Å². The van der Waals surface area contributed by atoms with Crippen molar-refractivity contribution in [2.45, 2.75) is 296 Å². The number of phosphoric ester groups is 1. The van der Waals surface area contributed by atoms with Crippen molar-refractivity contribution in [2.75, 3.05) is 40.9 Å². The molecule has 0 aromatic carbocycles. The van der Waals surface area contributed by atoms with Gasteiger partial charge in [0.15, 0.2) is 0 Å². The number of amides is 1. The lowest BCUT2D eigenvalue weighted by atomic mass is 10.0. The van der Waals surface area contributed by atoms with Gasteiger partial charge < -0.3 is 19.8 Å². The van der Waals surface area contributed by atoms with Gasteiger partial charge in [-0.15, -0.1) is 0 Å². The maximum Gasteiger partial charge on any atom is 0.472 e. The van der Waals surface area contributed by atoms with Gasteiger partial charge in [0.05, 0.1) is 39.9 Å². The molecule has 0 aromatic heterocycles. The molecule has 0 bridgehead atoms. The summed E-state index contributed by atoms with van der Waals surface area (Å²) in [6.45, 7) is 4.81. The molecule has 3 atom stereocenters. The van der Waals surface area contributed by atoms with Crippen LogP contribution >= 0.6 is 7.82 Å². The number of rotatable bonds is 56. The normalized spacial score (nSPS) is 14.3. The summed E-state index contributed by atoms with van der Waals surface area (Å²) in [6, 6.07) is -0.868. The minimum absolute atomic E-state index is 0.0546. The van der Waals surface area contributed by atoms with Crippen LogP contribution in [0.5, 0.6) is 0 Å². The average Bonchev–Trinajstić information content (AvgIpc) is 3.34. The van der Waals surface area contributed by atoms with Gasteiger partial charge in [0.1, 0.15) is 13.2 Å². The van der Waals surface area contributed by atoms with E-state index in [2.05, 4.69) is 67.8 Å². The molecule has 3 unspecified atom stereocenters. The molecule has 9 heteroatoms. The molecular formula is C63H120N2O6P+. The second kappa shape index (κ2) is 54.0. The first-order valence-corrected chi connectivity index (χ1v) is 32.2. The summed E-state index contributed by atoms with van der Waals surface area (Å²) in [5.41, 5.74) is 0. The number of carbonyl (C=O) groups is 1. The van der Waals surface area contributed by atoms with Gasteiger partial charge in [-0.2, -0.15) is 0 Å². The first-order valence-electron chi connectivity index (χ1n) is 30.7. The Balaban J connectivity index is 4.22. The Morgan fingerprint density at radius 1 is 0.472 bits per heavy atom. The van der Waals surface area contributed by atoms with Crippen LogP contribution in [-0.4, -0.2) is 73.4 Å². The molecule has 0 saturated heterocycles. The van der Waals surface area contributed by atoms with Crippen LogP contribution in [0.25, 0.3) is 0 Å². The Morgan fingerprint density at radius 3 is 1.21 bits per heavy atom. The highest BCUT2D eigenvalue weighted by atomic mass is 31.2. The maximum absolute atomic E-state index is 13.0. The largest absolute Gasteiger partial charge is 0.472 e. The van der Waals surface area contributed by atoms with Crippen LogP contribution in [-0.2, 0) is 18.4 Å². The third-order valence-electron chi connectivity index (χ3n) is 13.7. The van der Waals surface area contributed by atoms with Crippen LogP contribution in [0.1, 0.15) is 284 Å². The Labute approximate surface area is 447 Å². The van der Waals surface area contributed by atoms with Crippen molar-refractivity contribution in [1.82, 2.24) is 5.32 Å². The lowest BCUT2D eigenvalue weighted by Gasteiger charge is -2.25. The summed E-state index contributed by atoms with van der Waals surface area (Å²) < 4.78 is 23.7. The van der Waals surface area contributed by atoms with Crippen LogP contribution in [0.3, 0.4) is 0 Å². The molecule has 8 nitrogen and oxygen atoms in total. The molecule has 0 aromatic rings. The number of phosphoric acid groups is 1. The summed E-state index contributed by atoms with van der Waals surface area (Å²) in [5, 5.41) is 13.9. The number of nitrogens with zero attached hydrogens (tertiary/aromatic N) is 1. The van der Waals surface area contributed by atoms with Crippen LogP contribution < -0.4 is 5.32 Å². The summed E-state index contributed by atoms with van der Waals surface area (Å²) in [4.78, 5) is 23.3. The standard InChI is InChI=1S/C63H119N2O6P/c1-6-8-10-12-14-16-18-20-22-24-26-28-30-31-32-33-35-37-39-41-43-45-47-49-51-53-55-57-63(67)64-61(60-71-72(68,69)70-59-58-65(3,4)5)62(66)56-54-52-50-48-46-44-42-40-38-36-34-29-27-25-23-21-19-17-15-13-11-9-7-2/h18,20,24,26,30-31,46,48,54,56,61-62,66H,6-17,19,21-23,25,27-29,32-45,47,49-53,55,57-60H2,1-5H3,(H-,64,67,68,69)/p+1/b20-18-,26-24-,31-30-,48-46+,56-54+. The molecule has 0 rings (SSSR count). The number of carbonyl (C=O) groups excluding carboxylic acids is 1. The smallest absolute Gasteiger partial charge is 0.387 e. The molecule has 0 aliphatic carbocycles. The number of allylic oxidation sites excluding steroid dienone is 9. The lowest BCUT2D eigenvalue weighted by Crippen LogP contribution is -2.45. The van der Waals surface area contributed by atoms with Gasteiger partial charge in [-0.25, -0.2) is 4.57 Å². The van der Waals surface area contributed by atoms with Gasteiger partial charge in [0.2, 0.25) is 5.91 Å². The zero-order valence-electron chi connectivity index (χ0n) is 48.2. The predicted molar refractivity (Wildman–Crippen MR) is 314 cm³/mol. The number of quaternary nitrogens is 1. The fourth-order valence-electron chi connectivity index (χ4n) is 8.89. The number of nitrogens with one attached hydrogen (secondary N) is 1. The van der Waals surface area contributed by atoms with Crippen molar-refractivity contribution < 1.29 is 32.9 Å². The van der Waals surface area contributed by atoms with E-state index >= 15 is 0 Å². The Hall–Kier alpha value is -1.80. The van der Waals surface area contributed by atoms with Gasteiger partial charge in [-0.1, -0.05) is 267 Å². The third-order valence-corrected chi connectivity index (χ3v) is 14.7. The second-order valence-corrected chi connectivity index (χ2v) is 23.5. The predicted octanol–water partition coefficient (Wildman–Crippen LogP) is 18.9. The Morgan fingerprint density at radius 2 is 0.806 bits per heavy atom. The van der Waals surface area contributed by atoms with Crippen molar-refractivity contribution in [2.24, 2.45) is 0 Å². The molecular weight excluding hydrogens is 912 g/mol. The number of unbranched alkanes of at least 4 members (excludes halogenated alkanes) is 35. The Bertz CT molecular complexity index is 1360. The monoisotopic (exact) mass is 1030 g/mol. The molecule has 3 N–H and O–H groups in total. The summed E-state index contributed by atoms with van der Waals surface area (Å²) in [6.07, 6.45) is 73.3. The summed E-state index contributed by atoms with van der Waals surface area (Å²) >= 11 is 0. The molecule has 422 valence electrons. The highest BCUT2D eigenvalue weighted by Gasteiger charge is 2.27. The molecule has 0 radical (unpaired) electrons. The highest BCUT2D eigenvalue weighted by molar-refractivity contribution is 7.47. The molecule has 0 saturated carbocycles. The average molecular weight is 1030 g/mol. The minimum Gasteiger partial charge on any atom is -0.387 e. The molecule has 1 amide bonds. The van der Waals surface area contributed by atoms with E-state index in [9.17, 15) is 19.4 Å². The first-order chi connectivity index (χ1) is 35.0. The molecule has 0 heterocycles. The topological polar surface area (TPSA) is 105 Å². The molecule has 0 aliphatic heterocycles. The van der Waals surface area contributed by atoms with Crippen LogP contribution in [0.2, 0.25) is 0 Å². The SMILES string of the molecule is CCCCCCC/C=C\C/C=C\C/C=C\CCCCCCCCCCCCCCC(=O)NC(COP(=O)(O)OCC[N+](C)(C)C)C(O)/C=C/CC/C=C/CCCCCCCCCCCCCCCCCCC. The first kappa shape index (κ1) is 70.2. The number of hydrogen-bond donors (Lipinski definition) is 3. The van der Waals surface area contributed by atoms with Gasteiger partial charge >= 0.3 is 7.82 Å². The van der Waals surface area contributed by atoms with Crippen molar-refractivity contribution in [3.63, 3.8) is 0 Å². The third kappa shape index (κ3) is 55.9. The van der Waals surface area contributed by atoms with Gasteiger partial charge in [-0.05, 0) is 70.6 Å². The van der Waals surface area contributed by atoms with Crippen molar-refractivity contribution in [3.8, 4) is 0 Å². The number of hydrogen-bond acceptors (Lipinski definition) is 5. The summed E-state index contributed by atoms with van der Waals surface area (Å²) in [7, 11) is 1.56. The quantitative estimate of drug-likeness (QED) is 0.0243. The second-order valence-electron chi connectivity index (χ2n) is 22.1. The van der Waals surface area contributed by atoms with E-state index in [1.54, 1.807) is 6.08 Å². The number of aliphatic hydroxyl groups excluding tert-OH is 1. The van der Waals surface area contributed by atoms with Gasteiger partial charge in [0, 0.05) is 6.42 Å². The van der Waals surface area contributed by atoms with E-state index in [0.29, 0.717) is 17.4 Å². The zero-order valence-corrected chi connectivity index (χ0v) is 49.1. The molecule has 0 fully saturated rings. The molecule has 0 spiro atoms. The van der Waals surface area contributed by atoms with E-state index in [1.807, 2.05) is 27.2 Å². The Kier molecular flexibility index (Phi) is 52.7. The van der Waals surface area contributed by atoms with Crippen molar-refractivity contribution >= 4 is 13.7 Å². The van der Waals surface area contributed by atoms with E-state index in [-0.39, 0.29) is 19.1 Å². The lowest BCUT2D eigenvalue weighted by molar-refractivity contribution is -0.870. The fourth-order valence-corrected chi connectivity index (χ4v) is 9.63. The van der Waals surface area contributed by atoms with Gasteiger partial charge in [0.25, 0.3) is 0 Å². The fraction of sp³-hybridized carbons (Fsp3) is 0.825. The summed E-state index contributed by atoms with van der Waals surface area (Å²) in [5.74, 6) is -0.187. The van der Waals surface area contributed by atoms with Crippen molar-refractivity contribution in [1.29, 1.82) is 0 Å². The number of aliphatic hydroxyl groups is 1. The molecule has 72 heavy (non-hydrogen) atoms. The number of likely N-dealkylation sites (N-methyl/N-ethyl adjacent to an activating group) is 1. The van der Waals surface area contributed by atoms with Crippen LogP contribution in [0.15, 0.2) is 60.8 Å². The highest BCUT2D eigenvalue weighted by Crippen LogP contribution is 2.43. The zero-order chi connectivity index (χ0) is 52.7. The van der Waals surface area contributed by atoms with Crippen LogP contribution in [0.4, 0.5) is 0 Å². The molecule has 0 aliphatic rings.